The molecule has 0 fully saturated rings. The Morgan fingerprint density at radius 2 is 2.29 bits per heavy atom. The monoisotopic (exact) mass is 214 g/mol. The van der Waals surface area contributed by atoms with E-state index < -0.39 is 11.7 Å². The van der Waals surface area contributed by atoms with Gasteiger partial charge >= 0.3 is 6.09 Å². The number of rotatable bonds is 0. The Morgan fingerprint density at radius 3 is 2.71 bits per heavy atom. The van der Waals surface area contributed by atoms with Crippen molar-refractivity contribution >= 4 is 23.0 Å². The van der Waals surface area contributed by atoms with Crippen LogP contribution >= 0.6 is 11.8 Å². The fraction of sp³-hybridized carbons (Fsp3) is 0.556. The molecule has 14 heavy (non-hydrogen) atoms. The van der Waals surface area contributed by atoms with Gasteiger partial charge in [-0.2, -0.15) is 0 Å². The lowest BCUT2D eigenvalue weighted by Crippen LogP contribution is -2.34. The molecule has 0 radical (unpaired) electrons. The number of nitrogens with one attached hydrogen (secondary N) is 1. The fourth-order valence-corrected chi connectivity index (χ4v) is 1.53. The molecule has 0 aliphatic carbocycles. The number of hydrogen-bond donors (Lipinski definition) is 1. The molecule has 0 aromatic rings. The average molecular weight is 214 g/mol. The lowest BCUT2D eigenvalue weighted by atomic mass is 10.2. The molecule has 0 aromatic heterocycles. The molecule has 78 valence electrons. The van der Waals surface area contributed by atoms with Gasteiger partial charge in [0.05, 0.1) is 0 Å². The molecular formula is C9H14N2O2S. The summed E-state index contributed by atoms with van der Waals surface area (Å²) in [5.41, 5.74) is 0.284. The lowest BCUT2D eigenvalue weighted by molar-refractivity contribution is 0.0564. The van der Waals surface area contributed by atoms with Crippen LogP contribution in [0, 0.1) is 0 Å². The third-order valence-corrected chi connectivity index (χ3v) is 2.19. The van der Waals surface area contributed by atoms with Crippen molar-refractivity contribution in [1.29, 1.82) is 0 Å². The second-order valence-corrected chi connectivity index (χ2v) is 4.86. The summed E-state index contributed by atoms with van der Waals surface area (Å²) in [6.07, 6.45) is -0.474. The second kappa shape index (κ2) is 4.04. The third kappa shape index (κ3) is 3.83. The van der Waals surface area contributed by atoms with Crippen molar-refractivity contribution in [1.82, 2.24) is 5.32 Å². The Kier molecular flexibility index (Phi) is 3.21. The van der Waals surface area contributed by atoms with Crippen molar-refractivity contribution in [3.8, 4) is 0 Å². The van der Waals surface area contributed by atoms with Crippen LogP contribution in [0.4, 0.5) is 4.79 Å². The summed E-state index contributed by atoms with van der Waals surface area (Å²) in [5, 5.41) is 3.12. The molecule has 1 aliphatic heterocycles. The molecule has 0 saturated heterocycles. The summed E-state index contributed by atoms with van der Waals surface area (Å²) in [6.45, 7) is 9.13. The summed E-state index contributed by atoms with van der Waals surface area (Å²) >= 11 is 1.44. The van der Waals surface area contributed by atoms with E-state index in [4.69, 9.17) is 4.74 Å². The predicted octanol–water partition coefficient (Wildman–Crippen LogP) is 2.13. The number of hydrogen-bond acceptors (Lipinski definition) is 4. The number of ether oxygens (including phenoxy) is 1. The fourth-order valence-electron chi connectivity index (χ4n) is 0.815. The van der Waals surface area contributed by atoms with E-state index >= 15 is 0 Å². The minimum absolute atomic E-state index is 0.474. The van der Waals surface area contributed by atoms with Gasteiger partial charge in [0.25, 0.3) is 0 Å². The van der Waals surface area contributed by atoms with Gasteiger partial charge < -0.3 is 4.74 Å². The first-order valence-electron chi connectivity index (χ1n) is 4.26. The van der Waals surface area contributed by atoms with Crippen LogP contribution in [-0.2, 0) is 4.74 Å². The Morgan fingerprint density at radius 1 is 1.64 bits per heavy atom. The average Bonchev–Trinajstić information content (AvgIpc) is 2.30. The normalized spacial score (nSPS) is 16.5. The molecule has 0 unspecified atom stereocenters. The maximum Gasteiger partial charge on any atom is 0.413 e. The van der Waals surface area contributed by atoms with Gasteiger partial charge in [0.15, 0.2) is 5.17 Å². The maximum atomic E-state index is 11.3. The first-order chi connectivity index (χ1) is 6.37. The predicted molar refractivity (Wildman–Crippen MR) is 58.4 cm³/mol. The highest BCUT2D eigenvalue weighted by atomic mass is 32.2. The topological polar surface area (TPSA) is 50.7 Å². The van der Waals surface area contributed by atoms with Crippen molar-refractivity contribution in [2.45, 2.75) is 26.4 Å². The smallest absolute Gasteiger partial charge is 0.413 e. The minimum Gasteiger partial charge on any atom is -0.444 e. The van der Waals surface area contributed by atoms with Crippen LogP contribution < -0.4 is 5.32 Å². The molecule has 0 bridgehead atoms. The van der Waals surface area contributed by atoms with Gasteiger partial charge in [0.1, 0.15) is 5.60 Å². The number of amidine groups is 1. The number of carbonyl (C=O) groups excluding carboxylic acids is 1. The van der Waals surface area contributed by atoms with E-state index in [9.17, 15) is 4.79 Å². The van der Waals surface area contributed by atoms with E-state index in [1.807, 2.05) is 20.8 Å². The summed E-state index contributed by atoms with van der Waals surface area (Å²) in [7, 11) is 0. The van der Waals surface area contributed by atoms with E-state index in [-0.39, 0.29) is 0 Å². The minimum atomic E-state index is -0.481. The van der Waals surface area contributed by atoms with Gasteiger partial charge in [-0.3, -0.25) is 5.32 Å². The number of amides is 1. The summed E-state index contributed by atoms with van der Waals surface area (Å²) in [5.74, 6) is 0.727. The number of aliphatic imine (C=N–C) groups is 1. The molecule has 0 atom stereocenters. The van der Waals surface area contributed by atoms with Gasteiger partial charge in [-0.25, -0.2) is 9.79 Å². The van der Waals surface area contributed by atoms with Crippen LogP contribution in [0.1, 0.15) is 20.8 Å². The van der Waals surface area contributed by atoms with E-state index in [0.29, 0.717) is 5.17 Å². The van der Waals surface area contributed by atoms with Crippen molar-refractivity contribution < 1.29 is 9.53 Å². The Hall–Kier alpha value is -0.970. The zero-order valence-corrected chi connectivity index (χ0v) is 9.40. The van der Waals surface area contributed by atoms with Crippen LogP contribution in [-0.4, -0.2) is 22.6 Å². The van der Waals surface area contributed by atoms with Crippen molar-refractivity contribution in [2.24, 2.45) is 4.99 Å². The molecular weight excluding hydrogens is 200 g/mol. The summed E-state index contributed by atoms with van der Waals surface area (Å²) in [4.78, 5) is 15.3. The largest absolute Gasteiger partial charge is 0.444 e. The summed E-state index contributed by atoms with van der Waals surface area (Å²) < 4.78 is 5.06. The number of carbonyl (C=O) groups is 1. The molecule has 1 aliphatic rings. The first-order valence-corrected chi connectivity index (χ1v) is 5.25. The van der Waals surface area contributed by atoms with E-state index in [1.165, 1.54) is 11.8 Å². The highest BCUT2D eigenvalue weighted by Crippen LogP contribution is 2.18. The Labute approximate surface area is 87.8 Å². The Bertz CT molecular complexity index is 292. The number of nitrogens with zero attached hydrogens (tertiary/aromatic N) is 1. The van der Waals surface area contributed by atoms with Crippen LogP contribution in [0.3, 0.4) is 0 Å². The van der Waals surface area contributed by atoms with Crippen molar-refractivity contribution in [2.75, 3.05) is 5.75 Å². The van der Waals surface area contributed by atoms with Crippen LogP contribution in [0.2, 0.25) is 0 Å². The molecule has 1 amide bonds. The van der Waals surface area contributed by atoms with Crippen molar-refractivity contribution in [3.63, 3.8) is 0 Å². The van der Waals surface area contributed by atoms with Gasteiger partial charge in [0.2, 0.25) is 0 Å². The molecule has 4 nitrogen and oxygen atoms in total. The van der Waals surface area contributed by atoms with E-state index in [2.05, 4.69) is 16.9 Å². The van der Waals surface area contributed by atoms with Crippen LogP contribution in [0.25, 0.3) is 0 Å². The lowest BCUT2D eigenvalue weighted by Gasteiger charge is -2.19. The van der Waals surface area contributed by atoms with Crippen LogP contribution in [0.15, 0.2) is 17.3 Å². The van der Waals surface area contributed by atoms with Crippen LogP contribution in [0.5, 0.6) is 0 Å². The molecule has 5 heteroatoms. The maximum absolute atomic E-state index is 11.3. The van der Waals surface area contributed by atoms with E-state index in [0.717, 1.165) is 11.4 Å². The molecule has 1 heterocycles. The SMILES string of the molecule is C=C1CSC(NC(=O)OC(C)(C)C)=N1. The van der Waals surface area contributed by atoms with Gasteiger partial charge in [-0.1, -0.05) is 18.3 Å². The molecule has 0 aromatic carbocycles. The first kappa shape index (κ1) is 11.1. The standard InChI is InChI=1S/C9H14N2O2S/c1-6-5-14-7(10-6)11-8(12)13-9(2,3)4/h1,5H2,2-4H3,(H,10,11,12). The Balaban J connectivity index is 2.42. The highest BCUT2D eigenvalue weighted by molar-refractivity contribution is 8.14. The van der Waals surface area contributed by atoms with Gasteiger partial charge in [0, 0.05) is 11.4 Å². The molecule has 0 saturated carbocycles. The van der Waals surface area contributed by atoms with Crippen molar-refractivity contribution in [3.05, 3.63) is 12.3 Å². The number of alkyl carbamates (subject to hydrolysis) is 1. The zero-order chi connectivity index (χ0) is 10.8. The van der Waals surface area contributed by atoms with Gasteiger partial charge in [-0.15, -0.1) is 0 Å². The molecule has 1 rings (SSSR count). The number of thioether (sulfide) groups is 1. The molecule has 1 N–H and O–H groups in total. The zero-order valence-electron chi connectivity index (χ0n) is 8.59. The van der Waals surface area contributed by atoms with E-state index in [1.54, 1.807) is 0 Å². The third-order valence-electron chi connectivity index (χ3n) is 1.24. The quantitative estimate of drug-likeness (QED) is 0.672. The molecule has 0 spiro atoms. The van der Waals surface area contributed by atoms with Gasteiger partial charge in [-0.05, 0) is 20.8 Å². The highest BCUT2D eigenvalue weighted by Gasteiger charge is 2.19. The summed E-state index contributed by atoms with van der Waals surface area (Å²) in [6, 6.07) is 0. The second-order valence-electron chi connectivity index (χ2n) is 3.90.